The van der Waals surface area contributed by atoms with Gasteiger partial charge in [0, 0.05) is 34.6 Å². The highest BCUT2D eigenvalue weighted by Gasteiger charge is 2.26. The zero-order valence-corrected chi connectivity index (χ0v) is 16.2. The van der Waals surface area contributed by atoms with Crippen molar-refractivity contribution in [2.75, 3.05) is 23.8 Å². The average Bonchev–Trinajstić information content (AvgIpc) is 2.67. The second kappa shape index (κ2) is 7.60. The summed E-state index contributed by atoms with van der Waals surface area (Å²) in [6.07, 6.45) is 1.41. The Morgan fingerprint density at radius 2 is 1.93 bits per heavy atom. The van der Waals surface area contributed by atoms with E-state index in [4.69, 9.17) is 9.47 Å². The maximum absolute atomic E-state index is 12.4. The van der Waals surface area contributed by atoms with Crippen molar-refractivity contribution < 1.29 is 19.1 Å². The van der Waals surface area contributed by atoms with E-state index in [-0.39, 0.29) is 24.2 Å². The van der Waals surface area contributed by atoms with Crippen LogP contribution in [0.1, 0.15) is 18.4 Å². The van der Waals surface area contributed by atoms with Gasteiger partial charge in [0.25, 0.3) is 0 Å². The van der Waals surface area contributed by atoms with Crippen LogP contribution in [0.5, 0.6) is 11.5 Å². The molecule has 0 fully saturated rings. The van der Waals surface area contributed by atoms with Crippen LogP contribution in [-0.2, 0) is 16.0 Å². The van der Waals surface area contributed by atoms with Gasteiger partial charge < -0.3 is 20.1 Å². The normalized spacial score (nSPS) is 17.7. The van der Waals surface area contributed by atoms with Gasteiger partial charge in [-0.1, -0.05) is 18.2 Å². The minimum Gasteiger partial charge on any atom is -0.486 e. The summed E-state index contributed by atoms with van der Waals surface area (Å²) >= 11 is 3.44. The Bertz CT molecular complexity index is 900. The van der Waals surface area contributed by atoms with Crippen molar-refractivity contribution in [1.29, 1.82) is 0 Å². The highest BCUT2D eigenvalue weighted by Crippen LogP contribution is 2.38. The molecule has 0 aliphatic carbocycles. The van der Waals surface area contributed by atoms with Gasteiger partial charge in [-0.05, 0) is 40.4 Å². The molecule has 2 N–H and O–H groups in total. The SMILES string of the molecule is O=C(CCC1Cc2ccccc2NC1=O)Nc1cc2c(cc1Br)OCCO2. The van der Waals surface area contributed by atoms with Crippen LogP contribution in [0.25, 0.3) is 0 Å². The first-order valence-corrected chi connectivity index (χ1v) is 9.67. The Balaban J connectivity index is 1.37. The molecular formula is C20H19BrN2O4. The molecule has 2 heterocycles. The number of nitrogens with one attached hydrogen (secondary N) is 2. The molecule has 6 nitrogen and oxygen atoms in total. The molecule has 1 unspecified atom stereocenters. The number of ether oxygens (including phenoxy) is 2. The van der Waals surface area contributed by atoms with Crippen LogP contribution >= 0.6 is 15.9 Å². The molecule has 2 aliphatic heterocycles. The topological polar surface area (TPSA) is 76.7 Å². The lowest BCUT2D eigenvalue weighted by Gasteiger charge is -2.24. The fraction of sp³-hybridized carbons (Fsp3) is 0.300. The molecule has 0 radical (unpaired) electrons. The highest BCUT2D eigenvalue weighted by atomic mass is 79.9. The number of hydrogen-bond donors (Lipinski definition) is 2. The Morgan fingerprint density at radius 1 is 1.19 bits per heavy atom. The Labute approximate surface area is 165 Å². The van der Waals surface area contributed by atoms with Gasteiger partial charge in [0.2, 0.25) is 11.8 Å². The van der Waals surface area contributed by atoms with Gasteiger partial charge in [0.05, 0.1) is 5.69 Å². The number of amides is 2. The number of carbonyl (C=O) groups is 2. The van der Waals surface area contributed by atoms with Crippen molar-refractivity contribution in [3.63, 3.8) is 0 Å². The quantitative estimate of drug-likeness (QED) is 0.773. The first kappa shape index (κ1) is 17.9. The molecule has 27 heavy (non-hydrogen) atoms. The average molecular weight is 431 g/mol. The van der Waals surface area contributed by atoms with E-state index >= 15 is 0 Å². The molecule has 2 aliphatic rings. The van der Waals surface area contributed by atoms with Gasteiger partial charge in [-0.2, -0.15) is 0 Å². The van der Waals surface area contributed by atoms with E-state index < -0.39 is 0 Å². The van der Waals surface area contributed by atoms with Crippen LogP contribution in [0, 0.1) is 5.92 Å². The van der Waals surface area contributed by atoms with Crippen molar-refractivity contribution in [3.05, 3.63) is 46.4 Å². The lowest BCUT2D eigenvalue weighted by Crippen LogP contribution is -2.30. The second-order valence-corrected chi connectivity index (χ2v) is 7.46. The van der Waals surface area contributed by atoms with E-state index in [0.717, 1.165) is 15.7 Å². The summed E-state index contributed by atoms with van der Waals surface area (Å²) in [7, 11) is 0. The third-order valence-corrected chi connectivity index (χ3v) is 5.39. The molecule has 0 aromatic heterocycles. The molecule has 2 amide bonds. The molecule has 0 spiro atoms. The number of carbonyl (C=O) groups excluding carboxylic acids is 2. The number of hydrogen-bond acceptors (Lipinski definition) is 4. The predicted molar refractivity (Wildman–Crippen MR) is 105 cm³/mol. The number of benzene rings is 2. The van der Waals surface area contributed by atoms with E-state index in [9.17, 15) is 9.59 Å². The van der Waals surface area contributed by atoms with E-state index in [1.807, 2.05) is 24.3 Å². The molecule has 140 valence electrons. The number of halogens is 1. The van der Waals surface area contributed by atoms with E-state index in [1.165, 1.54) is 0 Å². The summed E-state index contributed by atoms with van der Waals surface area (Å²) in [5.74, 6) is 0.905. The van der Waals surface area contributed by atoms with Gasteiger partial charge in [0.15, 0.2) is 11.5 Å². The van der Waals surface area contributed by atoms with Gasteiger partial charge >= 0.3 is 0 Å². The summed E-state index contributed by atoms with van der Waals surface area (Å²) in [5, 5.41) is 5.80. The molecule has 0 saturated heterocycles. The fourth-order valence-corrected chi connectivity index (χ4v) is 3.75. The largest absolute Gasteiger partial charge is 0.486 e. The van der Waals surface area contributed by atoms with Gasteiger partial charge in [-0.3, -0.25) is 9.59 Å². The smallest absolute Gasteiger partial charge is 0.227 e. The van der Waals surface area contributed by atoms with Gasteiger partial charge in [-0.25, -0.2) is 0 Å². The summed E-state index contributed by atoms with van der Waals surface area (Å²) in [5.41, 5.74) is 2.60. The van der Waals surface area contributed by atoms with E-state index in [1.54, 1.807) is 12.1 Å². The van der Waals surface area contributed by atoms with Gasteiger partial charge in [0.1, 0.15) is 13.2 Å². The van der Waals surface area contributed by atoms with Crippen molar-refractivity contribution in [2.45, 2.75) is 19.3 Å². The lowest BCUT2D eigenvalue weighted by atomic mass is 9.89. The molecule has 7 heteroatoms. The summed E-state index contributed by atoms with van der Waals surface area (Å²) in [6.45, 7) is 0.998. The van der Waals surface area contributed by atoms with Crippen LogP contribution in [-0.4, -0.2) is 25.0 Å². The third-order valence-electron chi connectivity index (χ3n) is 4.74. The van der Waals surface area contributed by atoms with E-state index in [0.29, 0.717) is 43.2 Å². The maximum atomic E-state index is 12.4. The number of rotatable bonds is 4. The molecular weight excluding hydrogens is 412 g/mol. The standard InChI is InChI=1S/C20H19BrN2O4/c21-14-10-17-18(27-8-7-26-17)11-16(14)22-19(24)6-5-13-9-12-3-1-2-4-15(12)23-20(13)25/h1-4,10-11,13H,5-9H2,(H,22,24)(H,23,25). The van der Waals surface area contributed by atoms with Crippen LogP contribution in [0.4, 0.5) is 11.4 Å². The minimum atomic E-state index is -0.200. The van der Waals surface area contributed by atoms with Crippen molar-refractivity contribution in [3.8, 4) is 11.5 Å². The molecule has 0 saturated carbocycles. The zero-order chi connectivity index (χ0) is 18.8. The predicted octanol–water partition coefficient (Wildman–Crippen LogP) is 3.75. The maximum Gasteiger partial charge on any atom is 0.227 e. The number of para-hydroxylation sites is 1. The second-order valence-electron chi connectivity index (χ2n) is 6.61. The Hall–Kier alpha value is -2.54. The Kier molecular flexibility index (Phi) is 5.03. The van der Waals surface area contributed by atoms with Gasteiger partial charge in [-0.15, -0.1) is 0 Å². The first-order valence-electron chi connectivity index (χ1n) is 8.88. The van der Waals surface area contributed by atoms with Crippen molar-refractivity contribution >= 4 is 39.1 Å². The van der Waals surface area contributed by atoms with Crippen LogP contribution < -0.4 is 20.1 Å². The Morgan fingerprint density at radius 3 is 2.74 bits per heavy atom. The summed E-state index contributed by atoms with van der Waals surface area (Å²) < 4.78 is 11.8. The first-order chi connectivity index (χ1) is 13.1. The van der Waals surface area contributed by atoms with Crippen molar-refractivity contribution in [2.24, 2.45) is 5.92 Å². The summed E-state index contributed by atoms with van der Waals surface area (Å²) in [6, 6.07) is 11.3. The van der Waals surface area contributed by atoms with Crippen molar-refractivity contribution in [1.82, 2.24) is 0 Å². The molecule has 0 bridgehead atoms. The van der Waals surface area contributed by atoms with Crippen LogP contribution in [0.2, 0.25) is 0 Å². The molecule has 1 atom stereocenters. The zero-order valence-electron chi connectivity index (χ0n) is 14.6. The summed E-state index contributed by atoms with van der Waals surface area (Å²) in [4.78, 5) is 24.7. The third kappa shape index (κ3) is 3.93. The number of anilines is 2. The number of fused-ring (bicyclic) bond motifs is 2. The lowest BCUT2D eigenvalue weighted by molar-refractivity contribution is -0.121. The molecule has 2 aromatic carbocycles. The van der Waals surface area contributed by atoms with Crippen LogP contribution in [0.15, 0.2) is 40.9 Å². The fourth-order valence-electron chi connectivity index (χ4n) is 3.32. The van der Waals surface area contributed by atoms with Crippen LogP contribution in [0.3, 0.4) is 0 Å². The van der Waals surface area contributed by atoms with E-state index in [2.05, 4.69) is 26.6 Å². The monoisotopic (exact) mass is 430 g/mol. The highest BCUT2D eigenvalue weighted by molar-refractivity contribution is 9.10. The molecule has 4 rings (SSSR count). The molecule has 2 aromatic rings. The minimum absolute atomic E-state index is 0.0259.